The van der Waals surface area contributed by atoms with Crippen LogP contribution in [0.2, 0.25) is 0 Å². The molecule has 12 aliphatic rings. The third kappa shape index (κ3) is 23.2. The molecule has 1 saturated carbocycles. The van der Waals surface area contributed by atoms with Crippen LogP contribution in [0.25, 0.3) is 0 Å². The van der Waals surface area contributed by atoms with E-state index in [-0.39, 0.29) is 67.4 Å². The van der Waals surface area contributed by atoms with Gasteiger partial charge in [-0.15, -0.1) is 0 Å². The SMILES string of the molecule is C=CC1=C(C)C2=NC1=CC1=NC(=C(CC)/C1=C\O)C=C1C=C3C(=O)C(C(=O)OC)C(=C4NC(=C2)C(C)C4CCC(=O)OCC=C(C)CCCC(C)CCCC(C)CCCC(C)C)C3=N1.C=CC1=C(C)C2=NC1=CC1=NC(=CC3=CC4=C(O)C(C(=O)OC)C(=C5NC(=C2)C(C)C5CCC(=O)OCC=C(C)CCCC(C)CCCC(C)CCCC(C)C)C4=N3)C(CC)=C1C. The van der Waals surface area contributed by atoms with Gasteiger partial charge in [-0.1, -0.05) is 209 Å². The Balaban J connectivity index is 0.000000246. The number of aliphatic hydroxyl groups excluding tert-OH is 2. The maximum Gasteiger partial charge on any atom is 0.321 e. The number of esters is 4. The lowest BCUT2D eigenvalue weighted by atomic mass is 9.84. The van der Waals surface area contributed by atoms with Gasteiger partial charge in [-0.2, -0.15) is 0 Å². The van der Waals surface area contributed by atoms with Crippen molar-refractivity contribution < 1.29 is 53.1 Å². The summed E-state index contributed by atoms with van der Waals surface area (Å²) in [4.78, 5) is 98.1. The summed E-state index contributed by atoms with van der Waals surface area (Å²) in [5.41, 5.74) is 22.5. The first-order valence-electron chi connectivity index (χ1n) is 47.4. The second-order valence-electron chi connectivity index (χ2n) is 38.1. The van der Waals surface area contributed by atoms with Gasteiger partial charge < -0.3 is 39.8 Å². The number of carbonyl (C=O) groups excluding carboxylic acids is 5. The predicted octanol–water partition coefficient (Wildman–Crippen LogP) is 24.3. The van der Waals surface area contributed by atoms with E-state index in [1.807, 2.05) is 69.4 Å². The number of hydrogen-bond acceptors (Lipinski definition) is 19. The molecule has 2 saturated heterocycles. The van der Waals surface area contributed by atoms with Crippen molar-refractivity contribution in [2.24, 2.45) is 101 Å². The number of Topliss-reactive ketones (excluding diaryl/α,β-unsaturated/α-hetero) is 1. The molecule has 0 radical (unpaired) electrons. The lowest BCUT2D eigenvalue weighted by Crippen LogP contribution is -2.26. The van der Waals surface area contributed by atoms with E-state index in [9.17, 15) is 34.2 Å². The number of methoxy groups -OCH3 is 2. The van der Waals surface area contributed by atoms with Gasteiger partial charge in [0.2, 0.25) is 0 Å². The van der Waals surface area contributed by atoms with E-state index in [1.165, 1.54) is 115 Å². The lowest BCUT2D eigenvalue weighted by Gasteiger charge is -2.20. The average molecular weight is 1730 g/mol. The van der Waals surface area contributed by atoms with Crippen LogP contribution in [0.3, 0.4) is 0 Å². The predicted molar refractivity (Wildman–Crippen MR) is 515 cm³/mol. The summed E-state index contributed by atoms with van der Waals surface area (Å²) in [6.07, 6.45) is 49.0. The number of carbonyl (C=O) groups is 5. The van der Waals surface area contributed by atoms with Crippen LogP contribution in [0.5, 0.6) is 0 Å². The van der Waals surface area contributed by atoms with Crippen LogP contribution >= 0.6 is 0 Å². The number of aliphatic hydroxyl groups is 2. The number of aliphatic imine (C=N–C) groups is 6. The van der Waals surface area contributed by atoms with Crippen LogP contribution in [0.4, 0.5) is 0 Å². The summed E-state index contributed by atoms with van der Waals surface area (Å²) < 4.78 is 22.1. The number of hydrogen-bond donors (Lipinski definition) is 4. The summed E-state index contributed by atoms with van der Waals surface area (Å²) in [6.45, 7) is 46.1. The molecule has 12 rings (SSSR count). The standard InChI is InChI=1S/C54H70N4O6.C54H72N4O5/c1-11-38-35(8)43-28-44-36(9)40(22-23-48(60)64-25-24-34(7)21-15-20-33(6)19-14-18-32(5)17-13-16-31(3)4)51(58-44)49-50(54(62)63-10)53(61)41-26-37(55-52(41)49)27-45-39(12-2)42(30-59)47(57-45)29-46(38)56-43;1-12-39-35(8)44-30-47-40(13-2)36(9)43(57-47)29-45-37(10)41(51(58-45)49-50(54(61)62-11)53(60)42-27-38(55-52(42)49)28-46(39)56-44)23-24-48(59)63-26-25-34(7)22-16-21-33(6)20-15-19-32(5)18-14-17-31(3)4/h11,24,26-33,36,40,50,58-59H,1,12-23,25H2,2-10H3;13,25,27-33,37,41,50,58,60H,2,12,14-24,26H2,1,3-11H3/b34-24?,37-27?,42-30+,44-28?,46-29?,51-49?;. The maximum atomic E-state index is 14.2. The molecule has 10 heterocycles. The van der Waals surface area contributed by atoms with Gasteiger partial charge in [-0.05, 0) is 210 Å². The summed E-state index contributed by atoms with van der Waals surface area (Å²) in [7, 11) is 2.61. The molecular weight excluding hydrogens is 1590 g/mol. The topological polar surface area (TPSA) is 261 Å². The molecule has 127 heavy (non-hydrogen) atoms. The van der Waals surface area contributed by atoms with Crippen molar-refractivity contribution in [2.45, 2.75) is 272 Å². The molecule has 10 atom stereocenters. The maximum absolute atomic E-state index is 14.2. The summed E-state index contributed by atoms with van der Waals surface area (Å²) in [5.74, 6) is -0.761. The number of fused-ring (bicyclic) bond motifs is 10. The fourth-order valence-corrected chi connectivity index (χ4v) is 19.8. The molecule has 19 nitrogen and oxygen atoms in total. The van der Waals surface area contributed by atoms with Crippen LogP contribution < -0.4 is 10.6 Å². The van der Waals surface area contributed by atoms with Crippen LogP contribution in [0.15, 0.2) is 263 Å². The number of rotatable bonds is 40. The summed E-state index contributed by atoms with van der Waals surface area (Å²) >= 11 is 0. The zero-order valence-corrected chi connectivity index (χ0v) is 79.5. The Morgan fingerprint density at radius 3 is 1.38 bits per heavy atom. The highest BCUT2D eigenvalue weighted by Gasteiger charge is 2.52. The second-order valence-corrected chi connectivity index (χ2v) is 38.1. The fraction of sp³-hybridized carbons (Fsp3) is 0.528. The molecule has 680 valence electrons. The smallest absolute Gasteiger partial charge is 0.321 e. The Morgan fingerprint density at radius 2 is 0.921 bits per heavy atom. The highest BCUT2D eigenvalue weighted by atomic mass is 16.5. The highest BCUT2D eigenvalue weighted by Crippen LogP contribution is 2.50. The van der Waals surface area contributed by atoms with E-state index in [2.05, 4.69) is 127 Å². The number of ether oxygens (including phenoxy) is 4. The largest absolute Gasteiger partial charge is 0.515 e. The molecule has 0 amide bonds. The van der Waals surface area contributed by atoms with Gasteiger partial charge in [-0.3, -0.25) is 24.0 Å². The summed E-state index contributed by atoms with van der Waals surface area (Å²) in [6, 6.07) is 0. The van der Waals surface area contributed by atoms with Crippen LogP contribution in [0, 0.1) is 71.0 Å². The van der Waals surface area contributed by atoms with Crippen LogP contribution in [-0.2, 0) is 42.9 Å². The first kappa shape index (κ1) is 97.2. The number of ketones is 1. The minimum Gasteiger partial charge on any atom is -0.515 e. The molecule has 16 bridgehead atoms. The van der Waals surface area contributed by atoms with Gasteiger partial charge in [-0.25, -0.2) is 30.0 Å². The average Bonchev–Trinajstić information content (AvgIpc) is 1.57. The van der Waals surface area contributed by atoms with Gasteiger partial charge >= 0.3 is 23.9 Å². The molecule has 2 aliphatic carbocycles. The van der Waals surface area contributed by atoms with E-state index in [1.54, 1.807) is 18.2 Å². The van der Waals surface area contributed by atoms with Gasteiger partial charge in [0.15, 0.2) is 5.78 Å². The number of allylic oxidation sites excluding steroid dienone is 24. The van der Waals surface area contributed by atoms with Crippen LogP contribution in [0.1, 0.15) is 272 Å². The van der Waals surface area contributed by atoms with Crippen molar-refractivity contribution in [2.75, 3.05) is 27.4 Å². The van der Waals surface area contributed by atoms with Crippen molar-refractivity contribution in [1.29, 1.82) is 0 Å². The van der Waals surface area contributed by atoms with Gasteiger partial charge in [0, 0.05) is 98.3 Å². The molecular formula is C108H142N8O11. The third-order valence-corrected chi connectivity index (χ3v) is 27.7. The monoisotopic (exact) mass is 1730 g/mol. The molecule has 0 aromatic heterocycles. The minimum absolute atomic E-state index is 0.1000. The zero-order valence-electron chi connectivity index (χ0n) is 79.5. The minimum atomic E-state index is -1.22. The molecule has 19 heteroatoms. The second kappa shape index (κ2) is 44.5. The first-order valence-corrected chi connectivity index (χ1v) is 47.4. The van der Waals surface area contributed by atoms with E-state index >= 15 is 0 Å². The molecule has 3 fully saturated rings. The molecule has 10 aliphatic heterocycles. The van der Waals surface area contributed by atoms with E-state index < -0.39 is 29.6 Å². The Bertz CT molecular complexity index is 5180. The number of nitrogens with zero attached hydrogens (tertiary/aromatic N) is 6. The quantitative estimate of drug-likeness (QED) is 0.0146. The Labute approximate surface area is 756 Å². The lowest BCUT2D eigenvalue weighted by molar-refractivity contribution is -0.147. The van der Waals surface area contributed by atoms with Crippen molar-refractivity contribution in [3.63, 3.8) is 0 Å². The Morgan fingerprint density at radius 1 is 0.496 bits per heavy atom. The van der Waals surface area contributed by atoms with E-state index in [4.69, 9.17) is 48.9 Å². The molecule has 4 N–H and O–H groups in total. The van der Waals surface area contributed by atoms with Crippen molar-refractivity contribution in [1.82, 2.24) is 10.6 Å². The number of nitrogens with one attached hydrogen (secondary N) is 2. The Hall–Kier alpha value is -10.4. The van der Waals surface area contributed by atoms with E-state index in [0.717, 1.165) is 147 Å². The Kier molecular flexibility index (Phi) is 34.1. The van der Waals surface area contributed by atoms with Crippen molar-refractivity contribution in [3.05, 3.63) is 233 Å². The molecule has 0 aromatic carbocycles. The zero-order chi connectivity index (χ0) is 91.8. The first-order chi connectivity index (χ1) is 60.8. The molecule has 0 spiro atoms. The van der Waals surface area contributed by atoms with Crippen LogP contribution in [-0.4, -0.2) is 102 Å². The third-order valence-electron chi connectivity index (χ3n) is 27.7. The van der Waals surface area contributed by atoms with Crippen molar-refractivity contribution in [3.8, 4) is 0 Å². The van der Waals surface area contributed by atoms with Gasteiger partial charge in [0.1, 0.15) is 30.8 Å². The summed E-state index contributed by atoms with van der Waals surface area (Å²) in [5, 5.41) is 29.4. The van der Waals surface area contributed by atoms with Gasteiger partial charge in [0.25, 0.3) is 0 Å². The highest BCUT2D eigenvalue weighted by molar-refractivity contribution is 6.42. The molecule has 0 aromatic rings. The fourth-order valence-electron chi connectivity index (χ4n) is 19.8. The van der Waals surface area contributed by atoms with E-state index in [0.29, 0.717) is 104 Å². The normalized spacial score (nSPS) is 23.0. The van der Waals surface area contributed by atoms with Gasteiger partial charge in [0.05, 0.1) is 88.9 Å². The molecule has 10 unspecified atom stereocenters. The van der Waals surface area contributed by atoms with Crippen molar-refractivity contribution >= 4 is 63.9 Å².